The minimum absolute atomic E-state index is 0.00407. The first-order valence-corrected chi connectivity index (χ1v) is 18.0. The summed E-state index contributed by atoms with van der Waals surface area (Å²) in [5.41, 5.74) is -2.85. The van der Waals surface area contributed by atoms with E-state index in [9.17, 15) is 51.7 Å². The zero-order chi connectivity index (χ0) is 40.6. The first kappa shape index (κ1) is 43.5. The zero-order valence-corrected chi connectivity index (χ0v) is 30.4. The molecule has 0 bridgehead atoms. The number of carbonyl (C=O) groups excluding carboxylic acids is 1. The van der Waals surface area contributed by atoms with Crippen LogP contribution in [0.15, 0.2) is 121 Å². The summed E-state index contributed by atoms with van der Waals surface area (Å²) in [6.45, 7) is 2.94. The Kier molecular flexibility index (Phi) is 16.2. The van der Waals surface area contributed by atoms with Crippen LogP contribution in [0.3, 0.4) is 0 Å². The molecule has 5 rings (SSSR count). The van der Waals surface area contributed by atoms with Gasteiger partial charge in [0.15, 0.2) is 0 Å². The standard InChI is InChI=1S/C20H18F3NO6S.C12H14O.C7H5NO3/c1-13(30-31(27,28)20(21,22)23)17-11-12-18(14-5-3-2-4-6-14)29-19(17)15-7-9-16(10-8-15)24(25)26;1-2-3-5-10-12(13)11-8-6-4-7-9-11;9-5-6-1-3-7(4-2-6)8(10)11/h2-10,18-19H,11-12H2,1H3;4,6-9,12-13H,5,10H2,1H3;1-5H/b17-13+;;/t18-,19-;;/m0../s1. The lowest BCUT2D eigenvalue weighted by Crippen LogP contribution is -2.26. The van der Waals surface area contributed by atoms with Gasteiger partial charge in [0.25, 0.3) is 11.4 Å². The summed E-state index contributed by atoms with van der Waals surface area (Å²) >= 11 is 0. The van der Waals surface area contributed by atoms with Crippen molar-refractivity contribution in [3.8, 4) is 11.8 Å². The van der Waals surface area contributed by atoms with Gasteiger partial charge in [-0.05, 0) is 74.1 Å². The fraction of sp³-hybridized carbons (Fsp3) is 0.256. The molecule has 0 aliphatic carbocycles. The molecule has 16 heteroatoms. The van der Waals surface area contributed by atoms with E-state index >= 15 is 0 Å². The number of rotatable bonds is 10. The van der Waals surface area contributed by atoms with Crippen LogP contribution in [-0.2, 0) is 19.0 Å². The van der Waals surface area contributed by atoms with Crippen LogP contribution in [0.5, 0.6) is 0 Å². The summed E-state index contributed by atoms with van der Waals surface area (Å²) < 4.78 is 71.6. The molecule has 1 aliphatic heterocycles. The van der Waals surface area contributed by atoms with Crippen molar-refractivity contribution in [2.75, 3.05) is 0 Å². The maximum atomic E-state index is 12.8. The average molecular weight is 783 g/mol. The fourth-order valence-corrected chi connectivity index (χ4v) is 5.70. The molecule has 1 heterocycles. The number of aliphatic hydroxyl groups is 1. The molecule has 290 valence electrons. The molecular weight excluding hydrogens is 745 g/mol. The summed E-state index contributed by atoms with van der Waals surface area (Å²) in [7, 11) is -5.84. The molecule has 1 aliphatic rings. The Balaban J connectivity index is 0.000000276. The number of nitro groups is 2. The molecule has 55 heavy (non-hydrogen) atoms. The number of hydrogen-bond acceptors (Lipinski definition) is 10. The van der Waals surface area contributed by atoms with E-state index in [0.717, 1.165) is 24.5 Å². The quantitative estimate of drug-likeness (QED) is 0.0310. The Morgan fingerprint density at radius 2 is 1.44 bits per heavy atom. The molecule has 4 aromatic carbocycles. The fourth-order valence-electron chi connectivity index (χ4n) is 5.17. The Bertz CT molecular complexity index is 2080. The summed E-state index contributed by atoms with van der Waals surface area (Å²) in [5.74, 6) is 5.31. The third kappa shape index (κ3) is 13.2. The van der Waals surface area contributed by atoms with Crippen molar-refractivity contribution >= 4 is 27.8 Å². The van der Waals surface area contributed by atoms with E-state index in [1.165, 1.54) is 48.5 Å². The van der Waals surface area contributed by atoms with Gasteiger partial charge in [0.1, 0.15) is 18.1 Å². The summed E-state index contributed by atoms with van der Waals surface area (Å²) in [5, 5.41) is 30.7. The largest absolute Gasteiger partial charge is 0.534 e. The average Bonchev–Trinajstić information content (AvgIpc) is 3.18. The SMILES string of the molecule is C/C(OS(=O)(=O)C(F)(F)F)=C1/CC[C@@H](c2ccccc2)O[C@H]1c1ccc([N+](=O)[O-])cc1.CC#CCCC(O)c1ccccc1.O=Cc1ccc([N+](=O)[O-])cc1. The van der Waals surface area contributed by atoms with E-state index in [4.69, 9.17) is 4.74 Å². The van der Waals surface area contributed by atoms with Crippen LogP contribution in [0.2, 0.25) is 0 Å². The molecule has 1 N–H and O–H groups in total. The highest BCUT2D eigenvalue weighted by Gasteiger charge is 2.49. The second kappa shape index (κ2) is 20.5. The Morgan fingerprint density at radius 1 is 0.909 bits per heavy atom. The molecule has 1 unspecified atom stereocenters. The van der Waals surface area contributed by atoms with Gasteiger partial charge in [0.2, 0.25) is 0 Å². The molecule has 0 radical (unpaired) electrons. The number of carbonyl (C=O) groups is 1. The molecule has 0 saturated carbocycles. The highest BCUT2D eigenvalue weighted by atomic mass is 32.2. The molecule has 4 aromatic rings. The van der Waals surface area contributed by atoms with Gasteiger partial charge in [-0.25, -0.2) is 0 Å². The van der Waals surface area contributed by atoms with Crippen LogP contribution >= 0.6 is 0 Å². The summed E-state index contributed by atoms with van der Waals surface area (Å²) in [6, 6.07) is 29.5. The third-order valence-electron chi connectivity index (χ3n) is 7.98. The lowest BCUT2D eigenvalue weighted by molar-refractivity contribution is -0.385. The summed E-state index contributed by atoms with van der Waals surface area (Å²) in [6.07, 6.45) is 0.986. The predicted molar refractivity (Wildman–Crippen MR) is 197 cm³/mol. The van der Waals surface area contributed by atoms with Gasteiger partial charge in [-0.15, -0.1) is 11.8 Å². The molecule has 1 saturated heterocycles. The van der Waals surface area contributed by atoms with Crippen LogP contribution in [0.4, 0.5) is 24.5 Å². The van der Waals surface area contributed by atoms with E-state index in [-0.39, 0.29) is 29.5 Å². The van der Waals surface area contributed by atoms with Gasteiger partial charge in [-0.3, -0.25) is 25.0 Å². The van der Waals surface area contributed by atoms with E-state index in [1.54, 1.807) is 0 Å². The number of aliphatic hydroxyl groups excluding tert-OH is 1. The molecule has 1 fully saturated rings. The number of benzene rings is 4. The number of alkyl halides is 3. The minimum atomic E-state index is -5.84. The number of hydrogen-bond donors (Lipinski definition) is 1. The number of nitrogens with zero attached hydrogens (tertiary/aromatic N) is 2. The van der Waals surface area contributed by atoms with Crippen molar-refractivity contribution in [3.63, 3.8) is 0 Å². The highest BCUT2D eigenvalue weighted by Crippen LogP contribution is 2.44. The highest BCUT2D eigenvalue weighted by molar-refractivity contribution is 7.87. The number of ether oxygens (including phenoxy) is 1. The second-order valence-corrected chi connectivity index (χ2v) is 13.3. The molecule has 0 spiro atoms. The van der Waals surface area contributed by atoms with Gasteiger partial charge in [-0.1, -0.05) is 60.7 Å². The topological polar surface area (TPSA) is 176 Å². The smallest absolute Gasteiger partial charge is 0.388 e. The maximum Gasteiger partial charge on any atom is 0.534 e. The van der Waals surface area contributed by atoms with E-state index in [0.29, 0.717) is 30.3 Å². The number of allylic oxidation sites excluding steroid dienone is 1. The van der Waals surface area contributed by atoms with Gasteiger partial charge in [0.05, 0.1) is 22.1 Å². The van der Waals surface area contributed by atoms with Crippen LogP contribution in [0, 0.1) is 32.1 Å². The predicted octanol–water partition coefficient (Wildman–Crippen LogP) is 9.26. The second-order valence-electron chi connectivity index (χ2n) is 11.7. The van der Waals surface area contributed by atoms with E-state index in [2.05, 4.69) is 16.0 Å². The first-order chi connectivity index (χ1) is 26.1. The number of nitro benzene ring substituents is 2. The van der Waals surface area contributed by atoms with Crippen LogP contribution in [-0.4, -0.2) is 35.2 Å². The third-order valence-corrected chi connectivity index (χ3v) is 9.02. The van der Waals surface area contributed by atoms with Crippen molar-refractivity contribution in [3.05, 3.63) is 163 Å². The number of non-ortho nitro benzene ring substituents is 2. The van der Waals surface area contributed by atoms with E-state index in [1.807, 2.05) is 67.6 Å². The van der Waals surface area contributed by atoms with Crippen molar-refractivity contribution in [2.24, 2.45) is 0 Å². The van der Waals surface area contributed by atoms with Crippen LogP contribution < -0.4 is 0 Å². The van der Waals surface area contributed by atoms with Gasteiger partial charge in [-0.2, -0.15) is 21.6 Å². The lowest BCUT2D eigenvalue weighted by Gasteiger charge is -2.34. The van der Waals surface area contributed by atoms with Gasteiger partial charge < -0.3 is 14.0 Å². The number of aldehydes is 1. The van der Waals surface area contributed by atoms with Crippen molar-refractivity contribution in [1.29, 1.82) is 0 Å². The van der Waals surface area contributed by atoms with Crippen LogP contribution in [0.25, 0.3) is 0 Å². The Hall–Kier alpha value is -5.89. The summed E-state index contributed by atoms with van der Waals surface area (Å²) in [4.78, 5) is 30.1. The van der Waals surface area contributed by atoms with Crippen molar-refractivity contribution in [1.82, 2.24) is 0 Å². The molecule has 3 atom stereocenters. The molecule has 0 amide bonds. The Labute approximate surface area is 315 Å². The van der Waals surface area contributed by atoms with Crippen molar-refractivity contribution < 1.29 is 50.3 Å². The zero-order valence-electron chi connectivity index (χ0n) is 29.6. The van der Waals surface area contributed by atoms with Crippen LogP contribution in [0.1, 0.15) is 84.9 Å². The van der Waals surface area contributed by atoms with Gasteiger partial charge >= 0.3 is 15.6 Å². The van der Waals surface area contributed by atoms with Gasteiger partial charge in [0, 0.05) is 41.8 Å². The molecule has 12 nitrogen and oxygen atoms in total. The number of halogens is 3. The maximum absolute atomic E-state index is 12.8. The monoisotopic (exact) mass is 782 g/mol. The molecular formula is C39H37F3N2O10S. The normalized spacial score (nSPS) is 16.6. The molecule has 0 aromatic heterocycles. The van der Waals surface area contributed by atoms with E-state index < -0.39 is 43.4 Å². The van der Waals surface area contributed by atoms with Crippen molar-refractivity contribution in [2.45, 2.75) is 63.4 Å². The first-order valence-electron chi connectivity index (χ1n) is 16.5. The Morgan fingerprint density at radius 3 is 1.93 bits per heavy atom. The minimum Gasteiger partial charge on any atom is -0.388 e. The lowest BCUT2D eigenvalue weighted by atomic mass is 9.90.